The largest absolute Gasteiger partial charge is 0.497 e. The van der Waals surface area contributed by atoms with Gasteiger partial charge in [0.15, 0.2) is 18.1 Å². The molecule has 1 atom stereocenters. The molecular weight excluding hydrogens is 352 g/mol. The SMILES string of the molecule is COc1cc(NC(=O)C(C)OC(=O)c2ccc3ncoc3c2)cc(OC)c1. The number of nitrogens with one attached hydrogen (secondary N) is 1. The summed E-state index contributed by atoms with van der Waals surface area (Å²) in [5.41, 5.74) is 1.82. The first-order valence-corrected chi connectivity index (χ1v) is 8.08. The monoisotopic (exact) mass is 370 g/mol. The molecule has 2 aromatic carbocycles. The van der Waals surface area contributed by atoms with Crippen molar-refractivity contribution < 1.29 is 28.2 Å². The first kappa shape index (κ1) is 18.2. The van der Waals surface area contributed by atoms with Gasteiger partial charge in [0.2, 0.25) is 0 Å². The van der Waals surface area contributed by atoms with Gasteiger partial charge in [-0.25, -0.2) is 9.78 Å². The lowest BCUT2D eigenvalue weighted by Crippen LogP contribution is -2.30. The van der Waals surface area contributed by atoms with E-state index in [9.17, 15) is 9.59 Å². The molecule has 0 spiro atoms. The number of rotatable bonds is 6. The minimum absolute atomic E-state index is 0.266. The van der Waals surface area contributed by atoms with E-state index in [0.717, 1.165) is 0 Å². The van der Waals surface area contributed by atoms with Crippen LogP contribution in [-0.4, -0.2) is 37.2 Å². The second-order valence-corrected chi connectivity index (χ2v) is 5.67. The van der Waals surface area contributed by atoms with Crippen molar-refractivity contribution in [2.75, 3.05) is 19.5 Å². The van der Waals surface area contributed by atoms with Crippen LogP contribution in [0.4, 0.5) is 5.69 Å². The highest BCUT2D eigenvalue weighted by molar-refractivity contribution is 5.98. The van der Waals surface area contributed by atoms with Gasteiger partial charge in [0, 0.05) is 23.9 Å². The maximum atomic E-state index is 12.4. The Morgan fingerprint density at radius 3 is 2.44 bits per heavy atom. The van der Waals surface area contributed by atoms with Crippen LogP contribution in [0.25, 0.3) is 11.1 Å². The standard InChI is InChI=1S/C19H18N2O6/c1-11(18(22)21-13-7-14(24-2)9-15(8-13)25-3)27-19(23)12-4-5-16-17(6-12)26-10-20-16/h4-11H,1-3H3,(H,21,22). The molecule has 0 bridgehead atoms. The fourth-order valence-electron chi connectivity index (χ4n) is 2.39. The topological polar surface area (TPSA) is 99.9 Å². The molecule has 0 aliphatic carbocycles. The van der Waals surface area contributed by atoms with Crippen LogP contribution in [0.1, 0.15) is 17.3 Å². The summed E-state index contributed by atoms with van der Waals surface area (Å²) in [7, 11) is 3.02. The highest BCUT2D eigenvalue weighted by Gasteiger charge is 2.20. The number of nitrogens with zero attached hydrogens (tertiary/aromatic N) is 1. The Balaban J connectivity index is 1.67. The second-order valence-electron chi connectivity index (χ2n) is 5.67. The summed E-state index contributed by atoms with van der Waals surface area (Å²) in [6, 6.07) is 9.66. The molecule has 0 fully saturated rings. The Bertz CT molecular complexity index is 959. The number of carbonyl (C=O) groups excluding carboxylic acids is 2. The zero-order valence-corrected chi connectivity index (χ0v) is 15.0. The van der Waals surface area contributed by atoms with Crippen LogP contribution < -0.4 is 14.8 Å². The van der Waals surface area contributed by atoms with E-state index >= 15 is 0 Å². The van der Waals surface area contributed by atoms with Crippen LogP contribution in [-0.2, 0) is 9.53 Å². The highest BCUT2D eigenvalue weighted by Crippen LogP contribution is 2.26. The van der Waals surface area contributed by atoms with Crippen molar-refractivity contribution in [1.29, 1.82) is 0 Å². The summed E-state index contributed by atoms with van der Waals surface area (Å²) < 4.78 is 20.7. The maximum absolute atomic E-state index is 12.4. The highest BCUT2D eigenvalue weighted by atomic mass is 16.5. The number of esters is 1. The summed E-state index contributed by atoms with van der Waals surface area (Å²) >= 11 is 0. The fourth-order valence-corrected chi connectivity index (χ4v) is 2.39. The van der Waals surface area contributed by atoms with Crippen molar-refractivity contribution in [3.05, 3.63) is 48.4 Å². The molecule has 1 unspecified atom stereocenters. The van der Waals surface area contributed by atoms with Gasteiger partial charge in [0.25, 0.3) is 5.91 Å². The molecule has 0 aliphatic rings. The lowest BCUT2D eigenvalue weighted by atomic mass is 10.2. The third kappa shape index (κ3) is 4.17. The van der Waals surface area contributed by atoms with Crippen molar-refractivity contribution in [1.82, 2.24) is 4.98 Å². The smallest absolute Gasteiger partial charge is 0.339 e. The predicted molar refractivity (Wildman–Crippen MR) is 97.1 cm³/mol. The number of benzene rings is 2. The molecule has 0 saturated heterocycles. The third-order valence-corrected chi connectivity index (χ3v) is 3.84. The number of aromatic nitrogens is 1. The van der Waals surface area contributed by atoms with E-state index in [1.54, 1.807) is 30.3 Å². The number of fused-ring (bicyclic) bond motifs is 1. The molecule has 1 heterocycles. The van der Waals surface area contributed by atoms with Gasteiger partial charge in [0.05, 0.1) is 19.8 Å². The van der Waals surface area contributed by atoms with Crippen molar-refractivity contribution >= 4 is 28.7 Å². The van der Waals surface area contributed by atoms with Crippen LogP contribution in [0.2, 0.25) is 0 Å². The Morgan fingerprint density at radius 2 is 1.78 bits per heavy atom. The van der Waals surface area contributed by atoms with E-state index in [0.29, 0.717) is 28.3 Å². The molecule has 8 nitrogen and oxygen atoms in total. The van der Waals surface area contributed by atoms with Crippen molar-refractivity contribution in [2.24, 2.45) is 0 Å². The van der Waals surface area contributed by atoms with Gasteiger partial charge in [0.1, 0.15) is 17.0 Å². The molecule has 0 aliphatic heterocycles. The van der Waals surface area contributed by atoms with Crippen LogP contribution in [0.15, 0.2) is 47.2 Å². The number of carbonyl (C=O) groups is 2. The van der Waals surface area contributed by atoms with Crippen LogP contribution >= 0.6 is 0 Å². The summed E-state index contributed by atoms with van der Waals surface area (Å²) in [5.74, 6) is -0.0807. The Morgan fingerprint density at radius 1 is 1.07 bits per heavy atom. The van der Waals surface area contributed by atoms with Gasteiger partial charge in [-0.15, -0.1) is 0 Å². The molecule has 3 aromatic rings. The van der Waals surface area contributed by atoms with Gasteiger partial charge in [-0.3, -0.25) is 4.79 Å². The van der Waals surface area contributed by atoms with Gasteiger partial charge < -0.3 is 23.9 Å². The average Bonchev–Trinajstić information content (AvgIpc) is 3.15. The second kappa shape index (κ2) is 7.77. The van der Waals surface area contributed by atoms with Gasteiger partial charge in [-0.05, 0) is 25.1 Å². The van der Waals surface area contributed by atoms with Crippen molar-refractivity contribution in [3.8, 4) is 11.5 Å². The number of amides is 1. The number of hydrogen-bond acceptors (Lipinski definition) is 7. The minimum atomic E-state index is -1.01. The normalized spacial score (nSPS) is 11.7. The predicted octanol–water partition coefficient (Wildman–Crippen LogP) is 3.03. The third-order valence-electron chi connectivity index (χ3n) is 3.84. The van der Waals surface area contributed by atoms with E-state index < -0.39 is 18.0 Å². The van der Waals surface area contributed by atoms with E-state index in [4.69, 9.17) is 18.6 Å². The summed E-state index contributed by atoms with van der Waals surface area (Å²) in [5, 5.41) is 2.67. The molecule has 1 amide bonds. The summed E-state index contributed by atoms with van der Waals surface area (Å²) in [6.07, 6.45) is 0.276. The fraction of sp³-hybridized carbons (Fsp3) is 0.211. The quantitative estimate of drug-likeness (QED) is 0.666. The average molecular weight is 370 g/mol. The van der Waals surface area contributed by atoms with Gasteiger partial charge in [-0.1, -0.05) is 0 Å². The Kier molecular flexibility index (Phi) is 5.25. The number of methoxy groups -OCH3 is 2. The van der Waals surface area contributed by atoms with Gasteiger partial charge in [-0.2, -0.15) is 0 Å². The van der Waals surface area contributed by atoms with Gasteiger partial charge >= 0.3 is 5.97 Å². The Labute approximate surface area is 155 Å². The minimum Gasteiger partial charge on any atom is -0.497 e. The summed E-state index contributed by atoms with van der Waals surface area (Å²) in [4.78, 5) is 28.6. The first-order chi connectivity index (χ1) is 13.0. The molecule has 3 rings (SSSR count). The van der Waals surface area contributed by atoms with Crippen molar-refractivity contribution in [3.63, 3.8) is 0 Å². The molecule has 8 heteroatoms. The molecule has 0 radical (unpaired) electrons. The lowest BCUT2D eigenvalue weighted by molar-refractivity contribution is -0.123. The maximum Gasteiger partial charge on any atom is 0.339 e. The molecule has 27 heavy (non-hydrogen) atoms. The number of anilines is 1. The van der Waals surface area contributed by atoms with E-state index in [2.05, 4.69) is 10.3 Å². The van der Waals surface area contributed by atoms with Crippen LogP contribution in [0.3, 0.4) is 0 Å². The van der Waals surface area contributed by atoms with E-state index in [1.807, 2.05) is 0 Å². The molecular formula is C19H18N2O6. The zero-order valence-electron chi connectivity index (χ0n) is 15.0. The van der Waals surface area contributed by atoms with Crippen LogP contribution in [0, 0.1) is 0 Å². The zero-order chi connectivity index (χ0) is 19.4. The van der Waals surface area contributed by atoms with E-state index in [1.165, 1.54) is 33.6 Å². The first-order valence-electron chi connectivity index (χ1n) is 8.08. The molecule has 1 N–H and O–H groups in total. The van der Waals surface area contributed by atoms with E-state index in [-0.39, 0.29) is 5.56 Å². The number of ether oxygens (including phenoxy) is 3. The number of hydrogen-bond donors (Lipinski definition) is 1. The van der Waals surface area contributed by atoms with Crippen molar-refractivity contribution in [2.45, 2.75) is 13.0 Å². The lowest BCUT2D eigenvalue weighted by Gasteiger charge is -2.14. The summed E-state index contributed by atoms with van der Waals surface area (Å²) in [6.45, 7) is 1.48. The molecule has 140 valence electrons. The molecule has 0 saturated carbocycles. The number of oxazole rings is 1. The van der Waals surface area contributed by atoms with Crippen LogP contribution in [0.5, 0.6) is 11.5 Å². The Hall–Kier alpha value is -3.55. The molecule has 1 aromatic heterocycles.